The molecule has 27 heavy (non-hydrogen) atoms. The van der Waals surface area contributed by atoms with Gasteiger partial charge in [-0.2, -0.15) is 0 Å². The van der Waals surface area contributed by atoms with E-state index in [0.29, 0.717) is 35.1 Å². The molecule has 6 heteroatoms. The normalized spacial score (nSPS) is 10.6. The van der Waals surface area contributed by atoms with E-state index in [1.165, 1.54) is 0 Å². The van der Waals surface area contributed by atoms with E-state index in [4.69, 9.17) is 14.2 Å². The molecule has 0 aromatic heterocycles. The molecule has 0 radical (unpaired) electrons. The number of ether oxygens (including phenoxy) is 3. The van der Waals surface area contributed by atoms with Crippen LogP contribution in [0.2, 0.25) is 0 Å². The van der Waals surface area contributed by atoms with E-state index in [2.05, 4.69) is 24.1 Å². The van der Waals surface area contributed by atoms with Crippen LogP contribution in [0.15, 0.2) is 42.5 Å². The molecule has 0 fully saturated rings. The summed E-state index contributed by atoms with van der Waals surface area (Å²) in [6, 6.07) is 12.3. The number of nitrogens with one attached hydrogen (secondary N) is 1. The summed E-state index contributed by atoms with van der Waals surface area (Å²) in [6.07, 6.45) is 0. The number of carbonyl (C=O) groups is 1. The number of likely N-dealkylation sites (N-methyl/N-ethyl adjacent to an activating group) is 1. The summed E-state index contributed by atoms with van der Waals surface area (Å²) in [4.78, 5) is 14.7. The van der Waals surface area contributed by atoms with Gasteiger partial charge in [0.25, 0.3) is 5.91 Å². The van der Waals surface area contributed by atoms with Crippen LogP contribution in [0.3, 0.4) is 0 Å². The molecule has 0 unspecified atom stereocenters. The molecule has 1 N–H and O–H groups in total. The number of benzene rings is 2. The Morgan fingerprint density at radius 1 is 0.963 bits per heavy atom. The molecule has 0 aliphatic heterocycles. The van der Waals surface area contributed by atoms with Crippen molar-refractivity contribution in [3.8, 4) is 17.2 Å². The highest BCUT2D eigenvalue weighted by Gasteiger charge is 2.11. The topological polar surface area (TPSA) is 60.0 Å². The van der Waals surface area contributed by atoms with Crippen molar-refractivity contribution in [3.05, 3.63) is 48.0 Å². The first kappa shape index (κ1) is 20.6. The van der Waals surface area contributed by atoms with Crippen molar-refractivity contribution in [2.45, 2.75) is 13.8 Å². The second-order valence-corrected chi connectivity index (χ2v) is 5.92. The van der Waals surface area contributed by atoms with E-state index >= 15 is 0 Å². The van der Waals surface area contributed by atoms with Crippen LogP contribution in [-0.2, 0) is 0 Å². The highest BCUT2D eigenvalue weighted by molar-refractivity contribution is 6.04. The summed E-state index contributed by atoms with van der Waals surface area (Å²) in [7, 11) is 3.19. The first-order valence-electron chi connectivity index (χ1n) is 9.09. The van der Waals surface area contributed by atoms with Gasteiger partial charge in [-0.3, -0.25) is 4.79 Å². The van der Waals surface area contributed by atoms with Gasteiger partial charge in [0.1, 0.15) is 12.4 Å². The molecule has 0 saturated heterocycles. The van der Waals surface area contributed by atoms with Crippen LogP contribution in [0.1, 0.15) is 24.2 Å². The number of hydrogen-bond acceptors (Lipinski definition) is 5. The Labute approximate surface area is 161 Å². The third kappa shape index (κ3) is 5.89. The molecule has 2 aromatic carbocycles. The van der Waals surface area contributed by atoms with Gasteiger partial charge in [-0.25, -0.2) is 0 Å². The van der Waals surface area contributed by atoms with Crippen molar-refractivity contribution in [1.29, 1.82) is 0 Å². The molecule has 146 valence electrons. The number of anilines is 1. The van der Waals surface area contributed by atoms with E-state index in [1.807, 2.05) is 0 Å². The lowest BCUT2D eigenvalue weighted by molar-refractivity contribution is 0.102. The van der Waals surface area contributed by atoms with E-state index in [1.54, 1.807) is 56.7 Å². The molecule has 0 saturated carbocycles. The smallest absolute Gasteiger partial charge is 0.255 e. The Bertz CT molecular complexity index is 727. The third-order valence-electron chi connectivity index (χ3n) is 4.33. The zero-order chi connectivity index (χ0) is 19.6. The Morgan fingerprint density at radius 3 is 2.26 bits per heavy atom. The van der Waals surface area contributed by atoms with Gasteiger partial charge in [0.2, 0.25) is 0 Å². The van der Waals surface area contributed by atoms with E-state index in [9.17, 15) is 4.79 Å². The largest absolute Gasteiger partial charge is 0.497 e. The SMILES string of the molecule is CCN(CC)CCOc1cc(NC(=O)c2ccc(OC)cc2)ccc1OC. The molecule has 0 spiro atoms. The molecular formula is C21H28N2O4. The number of rotatable bonds is 10. The van der Waals surface area contributed by atoms with Crippen LogP contribution in [0, 0.1) is 0 Å². The minimum absolute atomic E-state index is 0.197. The first-order chi connectivity index (χ1) is 13.1. The van der Waals surface area contributed by atoms with Gasteiger partial charge in [0.15, 0.2) is 11.5 Å². The quantitative estimate of drug-likeness (QED) is 0.689. The average Bonchev–Trinajstić information content (AvgIpc) is 2.71. The van der Waals surface area contributed by atoms with Crippen molar-refractivity contribution in [2.75, 3.05) is 45.8 Å². The maximum atomic E-state index is 12.4. The molecule has 6 nitrogen and oxygen atoms in total. The summed E-state index contributed by atoms with van der Waals surface area (Å²) in [5.41, 5.74) is 1.20. The van der Waals surface area contributed by atoms with Gasteiger partial charge < -0.3 is 24.4 Å². The van der Waals surface area contributed by atoms with Crippen molar-refractivity contribution in [3.63, 3.8) is 0 Å². The summed E-state index contributed by atoms with van der Waals surface area (Å²) in [5, 5.41) is 2.88. The standard InChI is InChI=1S/C21H28N2O4/c1-5-23(6-2)13-14-27-20-15-17(9-12-19(20)26-4)22-21(24)16-7-10-18(25-3)11-8-16/h7-12,15H,5-6,13-14H2,1-4H3,(H,22,24). The number of methoxy groups -OCH3 is 2. The summed E-state index contributed by atoms with van der Waals surface area (Å²) < 4.78 is 16.4. The van der Waals surface area contributed by atoms with Crippen LogP contribution in [-0.4, -0.2) is 51.3 Å². The lowest BCUT2D eigenvalue weighted by atomic mass is 10.2. The molecule has 2 aromatic rings. The lowest BCUT2D eigenvalue weighted by Gasteiger charge is -2.19. The van der Waals surface area contributed by atoms with E-state index in [-0.39, 0.29) is 5.91 Å². The number of amides is 1. The summed E-state index contributed by atoms with van der Waals surface area (Å²) in [5.74, 6) is 1.76. The van der Waals surface area contributed by atoms with Crippen molar-refractivity contribution >= 4 is 11.6 Å². The van der Waals surface area contributed by atoms with Gasteiger partial charge in [0.05, 0.1) is 14.2 Å². The first-order valence-corrected chi connectivity index (χ1v) is 9.09. The molecule has 0 bridgehead atoms. The van der Waals surface area contributed by atoms with Crippen LogP contribution >= 0.6 is 0 Å². The van der Waals surface area contributed by atoms with Crippen LogP contribution < -0.4 is 19.5 Å². The van der Waals surface area contributed by atoms with Gasteiger partial charge >= 0.3 is 0 Å². The Kier molecular flexibility index (Phi) is 7.95. The van der Waals surface area contributed by atoms with Crippen LogP contribution in [0.4, 0.5) is 5.69 Å². The van der Waals surface area contributed by atoms with Crippen molar-refractivity contribution in [2.24, 2.45) is 0 Å². The molecule has 0 heterocycles. The van der Waals surface area contributed by atoms with Crippen LogP contribution in [0.25, 0.3) is 0 Å². The van der Waals surface area contributed by atoms with Crippen LogP contribution in [0.5, 0.6) is 17.2 Å². The Balaban J connectivity index is 2.05. The fraction of sp³-hybridized carbons (Fsp3) is 0.381. The summed E-state index contributed by atoms with van der Waals surface area (Å²) >= 11 is 0. The van der Waals surface area contributed by atoms with Crippen molar-refractivity contribution in [1.82, 2.24) is 4.90 Å². The maximum Gasteiger partial charge on any atom is 0.255 e. The van der Waals surface area contributed by atoms with Gasteiger partial charge in [-0.05, 0) is 49.5 Å². The fourth-order valence-electron chi connectivity index (χ4n) is 2.64. The monoisotopic (exact) mass is 372 g/mol. The highest BCUT2D eigenvalue weighted by atomic mass is 16.5. The Morgan fingerprint density at radius 2 is 1.67 bits per heavy atom. The average molecular weight is 372 g/mol. The lowest BCUT2D eigenvalue weighted by Crippen LogP contribution is -2.28. The number of hydrogen-bond donors (Lipinski definition) is 1. The zero-order valence-electron chi connectivity index (χ0n) is 16.5. The van der Waals surface area contributed by atoms with E-state index < -0.39 is 0 Å². The molecular weight excluding hydrogens is 344 g/mol. The molecule has 0 aliphatic carbocycles. The Hall–Kier alpha value is -2.73. The van der Waals surface area contributed by atoms with E-state index in [0.717, 1.165) is 19.6 Å². The van der Waals surface area contributed by atoms with Gasteiger partial charge in [-0.15, -0.1) is 0 Å². The number of carbonyl (C=O) groups excluding carboxylic acids is 1. The minimum Gasteiger partial charge on any atom is -0.497 e. The number of nitrogens with zero attached hydrogens (tertiary/aromatic N) is 1. The molecule has 1 amide bonds. The third-order valence-corrected chi connectivity index (χ3v) is 4.33. The van der Waals surface area contributed by atoms with Gasteiger partial charge in [0, 0.05) is 23.9 Å². The molecule has 0 atom stereocenters. The predicted octanol–water partition coefficient (Wildman–Crippen LogP) is 3.68. The minimum atomic E-state index is -0.197. The molecule has 0 aliphatic rings. The molecule has 2 rings (SSSR count). The second-order valence-electron chi connectivity index (χ2n) is 5.92. The predicted molar refractivity (Wildman–Crippen MR) is 107 cm³/mol. The second kappa shape index (κ2) is 10.4. The fourth-order valence-corrected chi connectivity index (χ4v) is 2.64. The van der Waals surface area contributed by atoms with Crippen molar-refractivity contribution < 1.29 is 19.0 Å². The van der Waals surface area contributed by atoms with Gasteiger partial charge in [-0.1, -0.05) is 13.8 Å². The maximum absolute atomic E-state index is 12.4. The highest BCUT2D eigenvalue weighted by Crippen LogP contribution is 2.30. The zero-order valence-corrected chi connectivity index (χ0v) is 16.5. The summed E-state index contributed by atoms with van der Waals surface area (Å²) in [6.45, 7) is 7.59.